The molecule has 0 spiro atoms. The van der Waals surface area contributed by atoms with Crippen molar-refractivity contribution < 1.29 is 9.18 Å². The third kappa shape index (κ3) is 2.39. The average Bonchev–Trinajstić information content (AvgIpc) is 2.41. The lowest BCUT2D eigenvalue weighted by Crippen LogP contribution is -2.17. The van der Waals surface area contributed by atoms with Gasteiger partial charge in [-0.25, -0.2) is 14.4 Å². The van der Waals surface area contributed by atoms with Crippen LogP contribution in [-0.2, 0) is 6.42 Å². The van der Waals surface area contributed by atoms with Gasteiger partial charge in [-0.15, -0.1) is 0 Å². The molecule has 1 aromatic heterocycles. The van der Waals surface area contributed by atoms with E-state index in [9.17, 15) is 9.18 Å². The number of anilines is 2. The van der Waals surface area contributed by atoms with Crippen LogP contribution in [-0.4, -0.2) is 15.8 Å². The Morgan fingerprint density at radius 3 is 2.65 bits per heavy atom. The van der Waals surface area contributed by atoms with Crippen LogP contribution in [0.3, 0.4) is 0 Å². The average molecular weight is 271 g/mol. The van der Waals surface area contributed by atoms with Crippen LogP contribution in [0.25, 0.3) is 0 Å². The van der Waals surface area contributed by atoms with Crippen molar-refractivity contribution in [1.29, 1.82) is 0 Å². The van der Waals surface area contributed by atoms with Crippen molar-refractivity contribution >= 4 is 17.4 Å². The van der Waals surface area contributed by atoms with Gasteiger partial charge in [-0.05, 0) is 44.0 Å². The first-order valence-corrected chi connectivity index (χ1v) is 6.57. The molecule has 0 fully saturated rings. The summed E-state index contributed by atoms with van der Waals surface area (Å²) in [4.78, 5) is 20.6. The van der Waals surface area contributed by atoms with Gasteiger partial charge in [-0.3, -0.25) is 4.79 Å². The summed E-state index contributed by atoms with van der Waals surface area (Å²) in [6, 6.07) is 5.99. The normalized spacial score (nSPS) is 14.0. The van der Waals surface area contributed by atoms with Crippen LogP contribution in [0.2, 0.25) is 0 Å². The number of carbonyl (C=O) groups is 1. The molecule has 0 bridgehead atoms. The number of rotatable bonds is 2. The lowest BCUT2D eigenvalue weighted by molar-refractivity contribution is 0.0970. The maximum atomic E-state index is 12.9. The number of hydrogen-bond acceptors (Lipinski definition) is 4. The number of fused-ring (bicyclic) bond motifs is 1. The number of benzene rings is 1. The molecule has 0 unspecified atom stereocenters. The summed E-state index contributed by atoms with van der Waals surface area (Å²) >= 11 is 0. The third-order valence-electron chi connectivity index (χ3n) is 3.36. The summed E-state index contributed by atoms with van der Waals surface area (Å²) in [7, 11) is 0. The van der Waals surface area contributed by atoms with Crippen LogP contribution in [0.4, 0.5) is 16.0 Å². The molecular formula is C15H14FN3O. The fourth-order valence-electron chi connectivity index (χ4n) is 2.44. The van der Waals surface area contributed by atoms with Crippen LogP contribution in [0.1, 0.15) is 34.6 Å². The van der Waals surface area contributed by atoms with Gasteiger partial charge in [-0.2, -0.15) is 0 Å². The van der Waals surface area contributed by atoms with E-state index in [2.05, 4.69) is 15.3 Å². The zero-order valence-electron chi connectivity index (χ0n) is 11.1. The number of aryl methyl sites for hydroxylation is 2. The van der Waals surface area contributed by atoms with Gasteiger partial charge < -0.3 is 5.32 Å². The van der Waals surface area contributed by atoms with Gasteiger partial charge in [-0.1, -0.05) is 0 Å². The van der Waals surface area contributed by atoms with E-state index in [1.54, 1.807) is 12.1 Å². The SMILES string of the molecule is Cc1nc(Nc2ccc(F)cc2)nc2c1C(=O)CCC2. The molecule has 1 aromatic carbocycles. The summed E-state index contributed by atoms with van der Waals surface area (Å²) in [5.74, 6) is 0.281. The maximum Gasteiger partial charge on any atom is 0.227 e. The van der Waals surface area contributed by atoms with Crippen LogP contribution in [0, 0.1) is 12.7 Å². The molecule has 3 rings (SSSR count). The Bertz CT molecular complexity index is 668. The Hall–Kier alpha value is -2.30. The van der Waals surface area contributed by atoms with Crippen LogP contribution in [0.5, 0.6) is 0 Å². The first-order valence-electron chi connectivity index (χ1n) is 6.57. The second kappa shape index (κ2) is 5.00. The number of ketones is 1. The highest BCUT2D eigenvalue weighted by molar-refractivity contribution is 5.99. The number of nitrogens with zero attached hydrogens (tertiary/aromatic N) is 2. The van der Waals surface area contributed by atoms with Crippen molar-refractivity contribution in [3.8, 4) is 0 Å². The summed E-state index contributed by atoms with van der Waals surface area (Å²) in [6.45, 7) is 1.82. The Balaban J connectivity index is 1.93. The van der Waals surface area contributed by atoms with E-state index in [0.717, 1.165) is 18.5 Å². The monoisotopic (exact) mass is 271 g/mol. The molecule has 0 saturated heterocycles. The molecule has 1 heterocycles. The van der Waals surface area contributed by atoms with Crippen LogP contribution >= 0.6 is 0 Å². The molecule has 1 aliphatic carbocycles. The first-order chi connectivity index (χ1) is 9.63. The van der Waals surface area contributed by atoms with E-state index < -0.39 is 0 Å². The fraction of sp³-hybridized carbons (Fsp3) is 0.267. The summed E-state index contributed by atoms with van der Waals surface area (Å²) in [5.41, 5.74) is 2.89. The standard InChI is InChI=1S/C15H14FN3O/c1-9-14-12(3-2-4-13(14)20)19-15(17-9)18-11-7-5-10(16)6-8-11/h5-8H,2-4H2,1H3,(H,17,18,19). The van der Waals surface area contributed by atoms with Gasteiger partial charge >= 0.3 is 0 Å². The second-order valence-electron chi connectivity index (χ2n) is 4.86. The molecule has 2 aromatic rings. The van der Waals surface area contributed by atoms with Gasteiger partial charge in [0.15, 0.2) is 5.78 Å². The molecule has 0 aliphatic heterocycles. The molecule has 20 heavy (non-hydrogen) atoms. The zero-order chi connectivity index (χ0) is 14.1. The number of hydrogen-bond donors (Lipinski definition) is 1. The molecule has 0 saturated carbocycles. The third-order valence-corrected chi connectivity index (χ3v) is 3.36. The highest BCUT2D eigenvalue weighted by Crippen LogP contribution is 2.24. The smallest absolute Gasteiger partial charge is 0.227 e. The quantitative estimate of drug-likeness (QED) is 0.911. The number of aromatic nitrogens is 2. The van der Waals surface area contributed by atoms with E-state index in [0.29, 0.717) is 29.3 Å². The molecule has 1 aliphatic rings. The molecule has 5 heteroatoms. The van der Waals surface area contributed by atoms with E-state index in [-0.39, 0.29) is 11.6 Å². The topological polar surface area (TPSA) is 54.9 Å². The number of nitrogens with one attached hydrogen (secondary N) is 1. The number of carbonyl (C=O) groups excluding carboxylic acids is 1. The molecule has 0 amide bonds. The summed E-state index contributed by atoms with van der Waals surface area (Å²) in [5, 5.41) is 3.04. The minimum absolute atomic E-state index is 0.122. The van der Waals surface area contributed by atoms with Crippen molar-refractivity contribution in [3.05, 3.63) is 47.0 Å². The van der Waals surface area contributed by atoms with Crippen molar-refractivity contribution in [2.45, 2.75) is 26.2 Å². The van der Waals surface area contributed by atoms with E-state index >= 15 is 0 Å². The largest absolute Gasteiger partial charge is 0.324 e. The Labute approximate surface area is 116 Å². The van der Waals surface area contributed by atoms with Gasteiger partial charge in [0.25, 0.3) is 0 Å². The van der Waals surface area contributed by atoms with Crippen molar-refractivity contribution in [2.24, 2.45) is 0 Å². The minimum Gasteiger partial charge on any atom is -0.324 e. The Kier molecular flexibility index (Phi) is 3.18. The van der Waals surface area contributed by atoms with Gasteiger partial charge in [0.05, 0.1) is 17.0 Å². The zero-order valence-corrected chi connectivity index (χ0v) is 11.1. The van der Waals surface area contributed by atoms with Crippen molar-refractivity contribution in [1.82, 2.24) is 9.97 Å². The molecular weight excluding hydrogens is 257 g/mol. The van der Waals surface area contributed by atoms with E-state index in [1.807, 2.05) is 6.92 Å². The van der Waals surface area contributed by atoms with Crippen molar-refractivity contribution in [2.75, 3.05) is 5.32 Å². The predicted molar refractivity (Wildman–Crippen MR) is 73.7 cm³/mol. The van der Waals surface area contributed by atoms with Crippen LogP contribution in [0.15, 0.2) is 24.3 Å². The minimum atomic E-state index is -0.288. The first kappa shape index (κ1) is 12.7. The molecule has 4 nitrogen and oxygen atoms in total. The number of halogens is 1. The van der Waals surface area contributed by atoms with Gasteiger partial charge in [0, 0.05) is 12.1 Å². The summed E-state index contributed by atoms with van der Waals surface area (Å²) < 4.78 is 12.9. The predicted octanol–water partition coefficient (Wildman–Crippen LogP) is 3.19. The van der Waals surface area contributed by atoms with Crippen molar-refractivity contribution in [3.63, 3.8) is 0 Å². The number of Topliss-reactive ketones (excluding diaryl/α,β-unsaturated/α-hetero) is 1. The maximum absolute atomic E-state index is 12.9. The molecule has 102 valence electrons. The highest BCUT2D eigenvalue weighted by atomic mass is 19.1. The second-order valence-corrected chi connectivity index (χ2v) is 4.86. The molecule has 0 radical (unpaired) electrons. The lowest BCUT2D eigenvalue weighted by Gasteiger charge is -2.17. The molecule has 0 atom stereocenters. The van der Waals surface area contributed by atoms with Gasteiger partial charge in [0.1, 0.15) is 5.82 Å². The highest BCUT2D eigenvalue weighted by Gasteiger charge is 2.22. The Morgan fingerprint density at radius 2 is 1.90 bits per heavy atom. The summed E-state index contributed by atoms with van der Waals surface area (Å²) in [6.07, 6.45) is 2.20. The van der Waals surface area contributed by atoms with E-state index in [4.69, 9.17) is 0 Å². The van der Waals surface area contributed by atoms with Crippen LogP contribution < -0.4 is 5.32 Å². The van der Waals surface area contributed by atoms with Gasteiger partial charge in [0.2, 0.25) is 5.95 Å². The Morgan fingerprint density at radius 1 is 1.15 bits per heavy atom. The fourth-order valence-corrected chi connectivity index (χ4v) is 2.44. The van der Waals surface area contributed by atoms with E-state index in [1.165, 1.54) is 12.1 Å². The lowest BCUT2D eigenvalue weighted by atomic mass is 9.94. The molecule has 1 N–H and O–H groups in total.